The lowest BCUT2D eigenvalue weighted by Crippen LogP contribution is -2.38. The molecule has 2 aliphatic rings. The molecule has 0 spiro atoms. The van der Waals surface area contributed by atoms with E-state index in [2.05, 4.69) is 35.2 Å². The van der Waals surface area contributed by atoms with Crippen molar-refractivity contribution in [1.82, 2.24) is 9.78 Å². The van der Waals surface area contributed by atoms with Gasteiger partial charge < -0.3 is 19.1 Å². The summed E-state index contributed by atoms with van der Waals surface area (Å²) >= 11 is 0. The number of nitrogens with zero attached hydrogens (tertiary/aromatic N) is 3. The first-order valence-corrected chi connectivity index (χ1v) is 12.4. The smallest absolute Gasteiger partial charge is 0.337 e. The Bertz CT molecular complexity index is 1200. The summed E-state index contributed by atoms with van der Waals surface area (Å²) in [5.74, 6) is 0.489. The van der Waals surface area contributed by atoms with Crippen LogP contribution in [0.5, 0.6) is 5.75 Å². The van der Waals surface area contributed by atoms with Gasteiger partial charge in [-0.25, -0.2) is 9.48 Å². The van der Waals surface area contributed by atoms with Gasteiger partial charge in [-0.05, 0) is 62.9 Å². The van der Waals surface area contributed by atoms with Crippen LogP contribution >= 0.6 is 0 Å². The molecule has 0 unspecified atom stereocenters. The summed E-state index contributed by atoms with van der Waals surface area (Å²) in [5.41, 5.74) is 3.88. The molecule has 2 fully saturated rings. The number of hydrogen-bond acceptors (Lipinski definition) is 6. The van der Waals surface area contributed by atoms with Gasteiger partial charge in [0.25, 0.3) is 0 Å². The van der Waals surface area contributed by atoms with Gasteiger partial charge in [-0.2, -0.15) is 5.10 Å². The Morgan fingerprint density at radius 3 is 2.51 bits per heavy atom. The maximum absolute atomic E-state index is 12.3. The fourth-order valence-electron chi connectivity index (χ4n) is 4.22. The number of rotatable bonds is 10. The Morgan fingerprint density at radius 2 is 1.86 bits per heavy atom. The maximum atomic E-state index is 12.3. The molecular weight excluding hydrogens is 442 g/mol. The van der Waals surface area contributed by atoms with E-state index >= 15 is 0 Å². The zero-order valence-electron chi connectivity index (χ0n) is 20.7. The van der Waals surface area contributed by atoms with E-state index in [1.807, 2.05) is 35.9 Å². The van der Waals surface area contributed by atoms with Gasteiger partial charge in [0.15, 0.2) is 5.60 Å². The SMILES string of the molecule is CC[C@@](C)(OCc1cc(-c2cccc(OC3CC3)c2)n(-c2ccccc2N2CCC2)n1)C(=O)OC. The van der Waals surface area contributed by atoms with E-state index in [0.717, 1.165) is 60.0 Å². The minimum absolute atomic E-state index is 0.198. The van der Waals surface area contributed by atoms with Crippen LogP contribution in [0.3, 0.4) is 0 Å². The third-order valence-corrected chi connectivity index (χ3v) is 6.85. The first kappa shape index (κ1) is 23.4. The normalized spacial score (nSPS) is 16.9. The number of carbonyl (C=O) groups excluding carboxylic acids is 1. The van der Waals surface area contributed by atoms with Gasteiger partial charge >= 0.3 is 5.97 Å². The van der Waals surface area contributed by atoms with Gasteiger partial charge in [0.2, 0.25) is 0 Å². The Balaban J connectivity index is 1.52. The largest absolute Gasteiger partial charge is 0.490 e. The Kier molecular flexibility index (Phi) is 6.52. The van der Waals surface area contributed by atoms with Crippen LogP contribution in [0.2, 0.25) is 0 Å². The number of carbonyl (C=O) groups is 1. The molecule has 0 amide bonds. The molecule has 2 aromatic carbocycles. The predicted molar refractivity (Wildman–Crippen MR) is 135 cm³/mol. The topological polar surface area (TPSA) is 65.8 Å². The van der Waals surface area contributed by atoms with E-state index in [9.17, 15) is 4.79 Å². The maximum Gasteiger partial charge on any atom is 0.337 e. The van der Waals surface area contributed by atoms with Crippen molar-refractivity contribution in [2.75, 3.05) is 25.1 Å². The lowest BCUT2D eigenvalue weighted by Gasteiger charge is -2.34. The van der Waals surface area contributed by atoms with Crippen LogP contribution in [0.1, 0.15) is 45.2 Å². The molecule has 1 aromatic heterocycles. The quantitative estimate of drug-likeness (QED) is 0.378. The van der Waals surface area contributed by atoms with E-state index in [4.69, 9.17) is 19.3 Å². The van der Waals surface area contributed by atoms with Crippen LogP contribution in [0.25, 0.3) is 16.9 Å². The molecule has 2 heterocycles. The van der Waals surface area contributed by atoms with Crippen LogP contribution in [-0.4, -0.2) is 47.7 Å². The molecule has 1 atom stereocenters. The second-order valence-corrected chi connectivity index (χ2v) is 9.47. The molecule has 1 saturated carbocycles. The molecule has 1 aliphatic heterocycles. The molecule has 0 N–H and O–H groups in total. The van der Waals surface area contributed by atoms with E-state index in [0.29, 0.717) is 12.5 Å². The number of hydrogen-bond donors (Lipinski definition) is 0. The number of para-hydroxylation sites is 2. The van der Waals surface area contributed by atoms with Crippen molar-refractivity contribution in [3.05, 3.63) is 60.3 Å². The van der Waals surface area contributed by atoms with Crippen molar-refractivity contribution in [2.24, 2.45) is 0 Å². The minimum atomic E-state index is -1.02. The van der Waals surface area contributed by atoms with Gasteiger partial charge in [0.1, 0.15) is 5.75 Å². The second kappa shape index (κ2) is 9.74. The third-order valence-electron chi connectivity index (χ3n) is 6.85. The van der Waals surface area contributed by atoms with Crippen LogP contribution in [0.4, 0.5) is 5.69 Å². The van der Waals surface area contributed by atoms with Gasteiger partial charge in [0.05, 0.1) is 42.6 Å². The van der Waals surface area contributed by atoms with Crippen LogP contribution in [0.15, 0.2) is 54.6 Å². The third kappa shape index (κ3) is 4.91. The van der Waals surface area contributed by atoms with Crippen molar-refractivity contribution in [3.63, 3.8) is 0 Å². The average Bonchev–Trinajstić information content (AvgIpc) is 3.56. The molecule has 35 heavy (non-hydrogen) atoms. The first-order valence-electron chi connectivity index (χ1n) is 12.4. The molecule has 184 valence electrons. The fourth-order valence-corrected chi connectivity index (χ4v) is 4.22. The number of methoxy groups -OCH3 is 1. The zero-order valence-corrected chi connectivity index (χ0v) is 20.7. The van der Waals surface area contributed by atoms with E-state index < -0.39 is 5.60 Å². The number of anilines is 1. The minimum Gasteiger partial charge on any atom is -0.490 e. The van der Waals surface area contributed by atoms with E-state index in [1.165, 1.54) is 13.5 Å². The number of benzene rings is 2. The van der Waals surface area contributed by atoms with E-state index in [-0.39, 0.29) is 12.6 Å². The van der Waals surface area contributed by atoms with Crippen molar-refractivity contribution in [3.8, 4) is 22.7 Å². The lowest BCUT2D eigenvalue weighted by molar-refractivity contribution is -0.169. The number of aromatic nitrogens is 2. The molecular formula is C28H33N3O4. The average molecular weight is 476 g/mol. The summed E-state index contributed by atoms with van der Waals surface area (Å²) in [6.07, 6.45) is 4.26. The second-order valence-electron chi connectivity index (χ2n) is 9.47. The van der Waals surface area contributed by atoms with Gasteiger partial charge in [-0.1, -0.05) is 31.2 Å². The van der Waals surface area contributed by atoms with Gasteiger partial charge in [-0.3, -0.25) is 0 Å². The highest BCUT2D eigenvalue weighted by atomic mass is 16.6. The van der Waals surface area contributed by atoms with Crippen LogP contribution < -0.4 is 9.64 Å². The number of ether oxygens (including phenoxy) is 3. The van der Waals surface area contributed by atoms with Crippen LogP contribution in [0, 0.1) is 0 Å². The molecule has 3 aromatic rings. The summed E-state index contributed by atoms with van der Waals surface area (Å²) in [6, 6.07) is 18.6. The molecule has 1 saturated heterocycles. The van der Waals surface area contributed by atoms with Crippen LogP contribution in [-0.2, 0) is 20.9 Å². The summed E-state index contributed by atoms with van der Waals surface area (Å²) < 4.78 is 19.1. The van der Waals surface area contributed by atoms with Gasteiger partial charge in [-0.15, -0.1) is 0 Å². The fraction of sp³-hybridized carbons (Fsp3) is 0.429. The van der Waals surface area contributed by atoms with Gasteiger partial charge in [0, 0.05) is 18.7 Å². The standard InChI is InChI=1S/C28H33N3O4/c1-4-28(2,27(32)33-3)34-19-21-18-26(20-9-7-10-23(17-20)35-22-13-14-22)31(29-21)25-12-6-5-11-24(25)30-15-8-16-30/h5-7,9-12,17-18,22H,4,8,13-16,19H2,1-3H3/t28-/m1/s1. The summed E-state index contributed by atoms with van der Waals surface area (Å²) in [6.45, 7) is 5.96. The highest BCUT2D eigenvalue weighted by molar-refractivity contribution is 5.78. The van der Waals surface area contributed by atoms with Crippen molar-refractivity contribution >= 4 is 11.7 Å². The van der Waals surface area contributed by atoms with E-state index in [1.54, 1.807) is 6.92 Å². The molecule has 5 rings (SSSR count). The molecule has 0 radical (unpaired) electrons. The first-order chi connectivity index (χ1) is 17.0. The Hall–Kier alpha value is -3.32. The molecule has 7 nitrogen and oxygen atoms in total. The van der Waals surface area contributed by atoms with Crippen molar-refractivity contribution < 1.29 is 19.0 Å². The van der Waals surface area contributed by atoms with Crippen molar-refractivity contribution in [1.29, 1.82) is 0 Å². The number of esters is 1. The Labute approximate surface area is 206 Å². The lowest BCUT2D eigenvalue weighted by atomic mass is 10.0. The molecule has 0 bridgehead atoms. The summed E-state index contributed by atoms with van der Waals surface area (Å²) in [7, 11) is 1.38. The molecule has 1 aliphatic carbocycles. The summed E-state index contributed by atoms with van der Waals surface area (Å²) in [5, 5.41) is 4.96. The molecule has 7 heteroatoms. The predicted octanol–water partition coefficient (Wildman–Crippen LogP) is 5.15. The highest BCUT2D eigenvalue weighted by Crippen LogP contribution is 2.34. The highest BCUT2D eigenvalue weighted by Gasteiger charge is 2.34. The monoisotopic (exact) mass is 475 g/mol. The van der Waals surface area contributed by atoms with Crippen molar-refractivity contribution in [2.45, 2.75) is 57.8 Å². The Morgan fingerprint density at radius 1 is 1.09 bits per heavy atom. The summed E-state index contributed by atoms with van der Waals surface area (Å²) in [4.78, 5) is 14.7. The zero-order chi connectivity index (χ0) is 24.4.